The van der Waals surface area contributed by atoms with E-state index in [4.69, 9.17) is 0 Å². The van der Waals surface area contributed by atoms with Gasteiger partial charge in [0.1, 0.15) is 6.33 Å². The summed E-state index contributed by atoms with van der Waals surface area (Å²) in [7, 11) is 1.89. The van der Waals surface area contributed by atoms with Crippen LogP contribution in [0.5, 0.6) is 0 Å². The quantitative estimate of drug-likeness (QED) is 0.454. The van der Waals surface area contributed by atoms with Gasteiger partial charge < -0.3 is 0 Å². The van der Waals surface area contributed by atoms with Gasteiger partial charge in [0.05, 0.1) is 0 Å². The molecule has 1 aromatic rings. The number of hydrogen-bond acceptors (Lipinski definition) is 4. The van der Waals surface area contributed by atoms with Crippen LogP contribution < -0.4 is 0 Å². The molecule has 3 nitrogen and oxygen atoms in total. The summed E-state index contributed by atoms with van der Waals surface area (Å²) in [5, 5.41) is 4.90. The molecular formula is C7H11N3S2. The molecule has 0 fully saturated rings. The molecule has 0 amide bonds. The standard InChI is InChI=1S/C7H11N3S2/c1-10-7(8-6-9-10)12-5-3-2-4-11/h2-3,6,11H,4-5H2,1H3/b3-2+. The Bertz CT molecular complexity index is 257. The summed E-state index contributed by atoms with van der Waals surface area (Å²) in [6.45, 7) is 0. The summed E-state index contributed by atoms with van der Waals surface area (Å²) >= 11 is 5.72. The Morgan fingerprint density at radius 1 is 1.67 bits per heavy atom. The van der Waals surface area contributed by atoms with E-state index in [9.17, 15) is 0 Å². The third-order valence-electron chi connectivity index (χ3n) is 1.25. The van der Waals surface area contributed by atoms with Crippen LogP contribution in [-0.4, -0.2) is 26.3 Å². The van der Waals surface area contributed by atoms with Gasteiger partial charge in [0, 0.05) is 18.6 Å². The molecular weight excluding hydrogens is 190 g/mol. The summed E-state index contributed by atoms with van der Waals surface area (Å²) in [4.78, 5) is 4.08. The lowest BCUT2D eigenvalue weighted by Gasteiger charge is -1.94. The van der Waals surface area contributed by atoms with Gasteiger partial charge in [0.15, 0.2) is 5.16 Å². The molecule has 0 saturated heterocycles. The van der Waals surface area contributed by atoms with Crippen molar-refractivity contribution in [3.8, 4) is 0 Å². The first-order chi connectivity index (χ1) is 5.84. The molecule has 0 bridgehead atoms. The monoisotopic (exact) mass is 201 g/mol. The minimum absolute atomic E-state index is 0.791. The summed E-state index contributed by atoms with van der Waals surface area (Å²) in [5.41, 5.74) is 0. The molecule has 66 valence electrons. The molecule has 0 N–H and O–H groups in total. The van der Waals surface area contributed by atoms with Crippen molar-refractivity contribution >= 4 is 24.4 Å². The van der Waals surface area contributed by atoms with Crippen molar-refractivity contribution in [1.82, 2.24) is 14.8 Å². The topological polar surface area (TPSA) is 30.7 Å². The van der Waals surface area contributed by atoms with Crippen LogP contribution >= 0.6 is 24.4 Å². The zero-order chi connectivity index (χ0) is 8.81. The number of rotatable bonds is 4. The first-order valence-electron chi connectivity index (χ1n) is 3.57. The largest absolute Gasteiger partial charge is 0.244 e. The Labute approximate surface area is 81.7 Å². The van der Waals surface area contributed by atoms with Crippen molar-refractivity contribution in [2.45, 2.75) is 5.16 Å². The average molecular weight is 201 g/mol. The van der Waals surface area contributed by atoms with Gasteiger partial charge in [-0.15, -0.1) is 0 Å². The third-order valence-corrected chi connectivity index (χ3v) is 2.45. The van der Waals surface area contributed by atoms with Crippen molar-refractivity contribution in [1.29, 1.82) is 0 Å². The predicted octanol–water partition coefficient (Wildman–Crippen LogP) is 1.39. The molecule has 12 heavy (non-hydrogen) atoms. The number of thiol groups is 1. The molecule has 0 spiro atoms. The molecule has 0 atom stereocenters. The molecule has 1 aromatic heterocycles. The predicted molar refractivity (Wildman–Crippen MR) is 54.7 cm³/mol. The van der Waals surface area contributed by atoms with Crippen molar-refractivity contribution in [2.24, 2.45) is 7.05 Å². The van der Waals surface area contributed by atoms with E-state index >= 15 is 0 Å². The van der Waals surface area contributed by atoms with Crippen molar-refractivity contribution in [3.63, 3.8) is 0 Å². The van der Waals surface area contributed by atoms with E-state index < -0.39 is 0 Å². The number of nitrogens with zero attached hydrogens (tertiary/aromatic N) is 3. The molecule has 0 aliphatic heterocycles. The molecule has 0 aliphatic carbocycles. The first-order valence-corrected chi connectivity index (χ1v) is 5.19. The minimum atomic E-state index is 0.791. The fraction of sp³-hybridized carbons (Fsp3) is 0.429. The van der Waals surface area contributed by atoms with Crippen LogP contribution in [0.3, 0.4) is 0 Å². The summed E-state index contributed by atoms with van der Waals surface area (Å²) in [5.74, 6) is 1.71. The zero-order valence-electron chi connectivity index (χ0n) is 6.84. The molecule has 5 heteroatoms. The fourth-order valence-corrected chi connectivity index (χ4v) is 1.57. The second kappa shape index (κ2) is 5.27. The van der Waals surface area contributed by atoms with Crippen molar-refractivity contribution in [2.75, 3.05) is 11.5 Å². The van der Waals surface area contributed by atoms with E-state index in [2.05, 4.69) is 28.8 Å². The van der Waals surface area contributed by atoms with Gasteiger partial charge in [-0.3, -0.25) is 0 Å². The fourth-order valence-electron chi connectivity index (χ4n) is 0.682. The highest BCUT2D eigenvalue weighted by molar-refractivity contribution is 7.99. The van der Waals surface area contributed by atoms with Gasteiger partial charge in [-0.25, -0.2) is 9.67 Å². The molecule has 1 heterocycles. The van der Waals surface area contributed by atoms with E-state index in [-0.39, 0.29) is 0 Å². The SMILES string of the molecule is Cn1ncnc1SC/C=C/CS. The van der Waals surface area contributed by atoms with Crippen LogP contribution in [0.15, 0.2) is 23.6 Å². The van der Waals surface area contributed by atoms with Crippen molar-refractivity contribution in [3.05, 3.63) is 18.5 Å². The number of aryl methyl sites for hydroxylation is 1. The Kier molecular flexibility index (Phi) is 4.24. The Balaban J connectivity index is 2.33. The second-order valence-electron chi connectivity index (χ2n) is 2.13. The average Bonchev–Trinajstić information content (AvgIpc) is 2.46. The van der Waals surface area contributed by atoms with Crippen LogP contribution in [0.4, 0.5) is 0 Å². The maximum Gasteiger partial charge on any atom is 0.186 e. The van der Waals surface area contributed by atoms with Crippen LogP contribution in [0.1, 0.15) is 0 Å². The maximum absolute atomic E-state index is 4.08. The molecule has 0 aromatic carbocycles. The lowest BCUT2D eigenvalue weighted by atomic mass is 10.6. The minimum Gasteiger partial charge on any atom is -0.244 e. The van der Waals surface area contributed by atoms with Gasteiger partial charge in [-0.1, -0.05) is 23.9 Å². The van der Waals surface area contributed by atoms with Crippen LogP contribution in [0.2, 0.25) is 0 Å². The highest BCUT2D eigenvalue weighted by atomic mass is 32.2. The van der Waals surface area contributed by atoms with Crippen LogP contribution in [0.25, 0.3) is 0 Å². The number of aromatic nitrogens is 3. The van der Waals surface area contributed by atoms with Gasteiger partial charge in [0.2, 0.25) is 0 Å². The Morgan fingerprint density at radius 2 is 2.50 bits per heavy atom. The zero-order valence-corrected chi connectivity index (χ0v) is 8.55. The van der Waals surface area contributed by atoms with Crippen LogP contribution in [0, 0.1) is 0 Å². The molecule has 0 aliphatic rings. The molecule has 0 radical (unpaired) electrons. The first kappa shape index (κ1) is 9.67. The van der Waals surface area contributed by atoms with Gasteiger partial charge in [-0.05, 0) is 0 Å². The summed E-state index contributed by atoms with van der Waals surface area (Å²) < 4.78 is 1.76. The molecule has 0 unspecified atom stereocenters. The highest BCUT2D eigenvalue weighted by Crippen LogP contribution is 2.12. The number of thioether (sulfide) groups is 1. The van der Waals surface area contributed by atoms with E-state index in [1.807, 2.05) is 13.1 Å². The summed E-state index contributed by atoms with van der Waals surface area (Å²) in [6.07, 6.45) is 5.66. The van der Waals surface area contributed by atoms with E-state index in [0.29, 0.717) is 0 Å². The second-order valence-corrected chi connectivity index (χ2v) is 3.48. The third kappa shape index (κ3) is 2.91. The van der Waals surface area contributed by atoms with E-state index in [0.717, 1.165) is 16.7 Å². The van der Waals surface area contributed by atoms with Gasteiger partial charge >= 0.3 is 0 Å². The lowest BCUT2D eigenvalue weighted by molar-refractivity contribution is 0.685. The van der Waals surface area contributed by atoms with Crippen LogP contribution in [-0.2, 0) is 7.05 Å². The highest BCUT2D eigenvalue weighted by Gasteiger charge is 1.97. The molecule has 0 saturated carbocycles. The van der Waals surface area contributed by atoms with Gasteiger partial charge in [-0.2, -0.15) is 17.7 Å². The molecule has 1 rings (SSSR count). The Morgan fingerprint density at radius 3 is 3.08 bits per heavy atom. The van der Waals surface area contributed by atoms with Crippen molar-refractivity contribution < 1.29 is 0 Å². The number of hydrogen-bond donors (Lipinski definition) is 1. The normalized spacial score (nSPS) is 11.2. The van der Waals surface area contributed by atoms with Gasteiger partial charge in [0.25, 0.3) is 0 Å². The van der Waals surface area contributed by atoms with E-state index in [1.54, 1.807) is 22.8 Å². The Hall–Kier alpha value is -0.420. The summed E-state index contributed by atoms with van der Waals surface area (Å²) in [6, 6.07) is 0. The van der Waals surface area contributed by atoms with E-state index in [1.165, 1.54) is 0 Å². The smallest absolute Gasteiger partial charge is 0.186 e. The maximum atomic E-state index is 4.08. The lowest BCUT2D eigenvalue weighted by Crippen LogP contribution is -1.92.